The second kappa shape index (κ2) is 4.77. The number of fused-ring (bicyclic) bond motifs is 3. The summed E-state index contributed by atoms with van der Waals surface area (Å²) in [6, 6.07) is 0. The quantitative estimate of drug-likeness (QED) is 0.823. The molecule has 0 aliphatic carbocycles. The second-order valence-electron chi connectivity index (χ2n) is 7.10. The lowest BCUT2D eigenvalue weighted by atomic mass is 9.71. The van der Waals surface area contributed by atoms with Crippen molar-refractivity contribution in [2.24, 2.45) is 23.5 Å². The molecule has 0 aromatic rings. The Kier molecular flexibility index (Phi) is 3.41. The minimum absolute atomic E-state index is 0.320. The topological polar surface area (TPSA) is 32.5 Å². The molecular formula is C15H29N3. The van der Waals surface area contributed by atoms with Gasteiger partial charge in [-0.3, -0.25) is 4.90 Å². The van der Waals surface area contributed by atoms with E-state index in [4.69, 9.17) is 5.73 Å². The zero-order valence-corrected chi connectivity index (χ0v) is 12.1. The van der Waals surface area contributed by atoms with Crippen molar-refractivity contribution in [3.05, 3.63) is 0 Å². The maximum atomic E-state index is 6.26. The van der Waals surface area contributed by atoms with Gasteiger partial charge >= 0.3 is 0 Å². The van der Waals surface area contributed by atoms with Gasteiger partial charge in [-0.2, -0.15) is 0 Å². The summed E-state index contributed by atoms with van der Waals surface area (Å²) in [7, 11) is 0. The van der Waals surface area contributed by atoms with Crippen LogP contribution >= 0.6 is 0 Å². The zero-order chi connectivity index (χ0) is 12.8. The first kappa shape index (κ1) is 12.9. The van der Waals surface area contributed by atoms with Crippen molar-refractivity contribution >= 4 is 0 Å². The van der Waals surface area contributed by atoms with Crippen LogP contribution in [0.4, 0.5) is 0 Å². The van der Waals surface area contributed by atoms with E-state index in [-0.39, 0.29) is 0 Å². The lowest BCUT2D eigenvalue weighted by Crippen LogP contribution is -2.69. The molecule has 3 nitrogen and oxygen atoms in total. The molecule has 4 aliphatic heterocycles. The second-order valence-corrected chi connectivity index (χ2v) is 7.10. The van der Waals surface area contributed by atoms with Crippen molar-refractivity contribution in [1.82, 2.24) is 9.80 Å². The van der Waals surface area contributed by atoms with Crippen molar-refractivity contribution in [2.45, 2.75) is 38.6 Å². The maximum absolute atomic E-state index is 6.26. The summed E-state index contributed by atoms with van der Waals surface area (Å²) >= 11 is 0. The van der Waals surface area contributed by atoms with Gasteiger partial charge in [0.1, 0.15) is 0 Å². The molecule has 0 aromatic heterocycles. The van der Waals surface area contributed by atoms with E-state index in [2.05, 4.69) is 23.6 Å². The molecular weight excluding hydrogens is 222 g/mol. The van der Waals surface area contributed by atoms with Gasteiger partial charge in [0.25, 0.3) is 0 Å². The lowest BCUT2D eigenvalue weighted by Gasteiger charge is -2.57. The fourth-order valence-corrected chi connectivity index (χ4v) is 4.60. The van der Waals surface area contributed by atoms with Gasteiger partial charge in [-0.05, 0) is 56.7 Å². The molecule has 2 atom stereocenters. The van der Waals surface area contributed by atoms with Crippen LogP contribution in [0.5, 0.6) is 0 Å². The number of hydrogen-bond donors (Lipinski definition) is 1. The van der Waals surface area contributed by atoms with Gasteiger partial charge in [0.05, 0.1) is 0 Å². The van der Waals surface area contributed by atoms with E-state index in [9.17, 15) is 0 Å². The molecule has 4 heterocycles. The zero-order valence-electron chi connectivity index (χ0n) is 12.1. The van der Waals surface area contributed by atoms with Crippen LogP contribution in [0.2, 0.25) is 0 Å². The van der Waals surface area contributed by atoms with Crippen LogP contribution in [0.3, 0.4) is 0 Å². The lowest BCUT2D eigenvalue weighted by molar-refractivity contribution is -0.0594. The molecule has 0 amide bonds. The van der Waals surface area contributed by atoms with Gasteiger partial charge in [0.15, 0.2) is 0 Å². The Labute approximate surface area is 112 Å². The molecule has 2 bridgehead atoms. The molecule has 18 heavy (non-hydrogen) atoms. The first-order valence-corrected chi connectivity index (χ1v) is 7.83. The molecule has 4 saturated heterocycles. The Morgan fingerprint density at radius 3 is 2.33 bits per heavy atom. The van der Waals surface area contributed by atoms with E-state index in [1.54, 1.807) is 0 Å². The number of hydrogen-bond acceptors (Lipinski definition) is 3. The first-order valence-electron chi connectivity index (χ1n) is 7.83. The highest BCUT2D eigenvalue weighted by atomic mass is 15.3. The summed E-state index contributed by atoms with van der Waals surface area (Å²) in [5, 5.41) is 0. The highest BCUT2D eigenvalue weighted by Gasteiger charge is 2.50. The van der Waals surface area contributed by atoms with Gasteiger partial charge in [-0.25, -0.2) is 0 Å². The van der Waals surface area contributed by atoms with E-state index in [1.165, 1.54) is 52.0 Å². The van der Waals surface area contributed by atoms with Crippen LogP contribution in [0.1, 0.15) is 33.1 Å². The largest absolute Gasteiger partial charge is 0.329 e. The van der Waals surface area contributed by atoms with Crippen LogP contribution in [0, 0.1) is 17.8 Å². The van der Waals surface area contributed by atoms with Crippen LogP contribution in [0.25, 0.3) is 0 Å². The predicted octanol–water partition coefficient (Wildman–Crippen LogP) is 1.39. The minimum atomic E-state index is 0.320. The van der Waals surface area contributed by atoms with Gasteiger partial charge < -0.3 is 10.6 Å². The number of likely N-dealkylation sites (tertiary alicyclic amines) is 1. The summed E-state index contributed by atoms with van der Waals surface area (Å²) in [5.41, 5.74) is 6.58. The normalized spacial score (nSPS) is 45.0. The molecule has 0 radical (unpaired) electrons. The Bertz CT molecular complexity index is 296. The molecule has 4 rings (SSSR count). The summed E-state index contributed by atoms with van der Waals surface area (Å²) in [6.07, 6.45) is 4.13. The van der Waals surface area contributed by atoms with E-state index < -0.39 is 0 Å². The monoisotopic (exact) mass is 251 g/mol. The Morgan fingerprint density at radius 2 is 1.89 bits per heavy atom. The molecule has 104 valence electrons. The van der Waals surface area contributed by atoms with Gasteiger partial charge in [0, 0.05) is 25.2 Å². The van der Waals surface area contributed by atoms with Crippen molar-refractivity contribution < 1.29 is 0 Å². The third-order valence-electron chi connectivity index (χ3n) is 6.00. The summed E-state index contributed by atoms with van der Waals surface area (Å²) in [6.45, 7) is 12.0. The first-order chi connectivity index (χ1) is 8.65. The van der Waals surface area contributed by atoms with Crippen molar-refractivity contribution in [1.29, 1.82) is 0 Å². The van der Waals surface area contributed by atoms with Crippen LogP contribution in [0.15, 0.2) is 0 Å². The summed E-state index contributed by atoms with van der Waals surface area (Å²) < 4.78 is 0. The maximum Gasteiger partial charge on any atom is 0.0487 e. The summed E-state index contributed by atoms with van der Waals surface area (Å²) in [5.74, 6) is 2.58. The van der Waals surface area contributed by atoms with E-state index in [1.807, 2.05) is 0 Å². The fourth-order valence-electron chi connectivity index (χ4n) is 4.60. The Hall–Kier alpha value is -0.120. The van der Waals surface area contributed by atoms with Crippen molar-refractivity contribution in [3.8, 4) is 0 Å². The average molecular weight is 251 g/mol. The van der Waals surface area contributed by atoms with Crippen LogP contribution < -0.4 is 5.73 Å². The minimum Gasteiger partial charge on any atom is -0.329 e. The van der Waals surface area contributed by atoms with E-state index in [0.717, 1.165) is 24.3 Å². The Balaban J connectivity index is 1.76. The van der Waals surface area contributed by atoms with Crippen LogP contribution in [-0.2, 0) is 0 Å². The highest BCUT2D eigenvalue weighted by Crippen LogP contribution is 2.42. The van der Waals surface area contributed by atoms with Crippen molar-refractivity contribution in [3.63, 3.8) is 0 Å². The Morgan fingerprint density at radius 1 is 1.17 bits per heavy atom. The van der Waals surface area contributed by atoms with Gasteiger partial charge in [0.2, 0.25) is 0 Å². The third-order valence-corrected chi connectivity index (χ3v) is 6.00. The smallest absolute Gasteiger partial charge is 0.0487 e. The molecule has 2 N–H and O–H groups in total. The predicted molar refractivity (Wildman–Crippen MR) is 75.5 cm³/mol. The molecule has 0 saturated carbocycles. The standard InChI is InChI=1S/C15H29N3/c1-12(2)13-3-8-18(9-13)15(10-16)11-17-6-4-14(15)5-7-17/h12-14H,3-11,16H2,1-2H3. The molecule has 4 aliphatic rings. The molecule has 4 fully saturated rings. The summed E-state index contributed by atoms with van der Waals surface area (Å²) in [4.78, 5) is 5.42. The molecule has 0 spiro atoms. The highest BCUT2D eigenvalue weighted by molar-refractivity contribution is 5.07. The third kappa shape index (κ3) is 1.91. The number of nitrogens with two attached hydrogens (primary N) is 1. The molecule has 2 unspecified atom stereocenters. The molecule has 3 heteroatoms. The van der Waals surface area contributed by atoms with Crippen LogP contribution in [-0.4, -0.2) is 54.6 Å². The number of rotatable bonds is 3. The average Bonchev–Trinajstić information content (AvgIpc) is 2.90. The van der Waals surface area contributed by atoms with E-state index >= 15 is 0 Å². The van der Waals surface area contributed by atoms with E-state index in [0.29, 0.717) is 5.54 Å². The van der Waals surface area contributed by atoms with Gasteiger partial charge in [-0.1, -0.05) is 13.8 Å². The molecule has 0 aromatic carbocycles. The number of nitrogens with zero attached hydrogens (tertiary/aromatic N) is 2. The SMILES string of the molecule is CC(C)C1CCN(C2(CN)CN3CCC2CC3)C1. The van der Waals surface area contributed by atoms with Crippen molar-refractivity contribution in [2.75, 3.05) is 39.3 Å². The number of piperidine rings is 3. The van der Waals surface area contributed by atoms with Gasteiger partial charge in [-0.15, -0.1) is 0 Å². The fraction of sp³-hybridized carbons (Fsp3) is 1.00.